The van der Waals surface area contributed by atoms with E-state index in [9.17, 15) is 24.0 Å². The van der Waals surface area contributed by atoms with E-state index in [1.807, 2.05) is 208 Å². The lowest BCUT2D eigenvalue weighted by Crippen LogP contribution is -2.28. The average molecular weight is 2090 g/mol. The second kappa shape index (κ2) is 83.7. The molecule has 8 atom stereocenters. The quantitative estimate of drug-likeness (QED) is 0.00711. The Kier molecular flexibility index (Phi) is 76.5. The molecule has 1 aromatic heterocycles. The number of allylic oxidation sites excluding steroid dienone is 12. The fourth-order valence-electron chi connectivity index (χ4n) is 14.7. The van der Waals surface area contributed by atoms with Crippen molar-refractivity contribution in [2.45, 2.75) is 356 Å². The van der Waals surface area contributed by atoms with E-state index in [1.54, 1.807) is 45.6 Å². The molecule has 0 spiro atoms. The van der Waals surface area contributed by atoms with Gasteiger partial charge < -0.3 is 66.9 Å². The Bertz CT molecular complexity index is 4820. The molecule has 1 aliphatic rings. The maximum absolute atomic E-state index is 11.5. The van der Waals surface area contributed by atoms with Crippen molar-refractivity contribution in [2.24, 2.45) is 41.4 Å². The molecule has 0 bridgehead atoms. The van der Waals surface area contributed by atoms with Gasteiger partial charge in [0.1, 0.15) is 59.6 Å². The first kappa shape index (κ1) is 137. The van der Waals surface area contributed by atoms with Gasteiger partial charge in [0.05, 0.1) is 55.4 Å². The zero-order valence-electron chi connectivity index (χ0n) is 97.2. The van der Waals surface area contributed by atoms with Crippen LogP contribution < -0.4 is 33.7 Å². The first-order valence-electron chi connectivity index (χ1n) is 55.0. The van der Waals surface area contributed by atoms with Gasteiger partial charge in [-0.2, -0.15) is 0 Å². The first-order chi connectivity index (χ1) is 71.5. The second-order valence-electron chi connectivity index (χ2n) is 41.1. The van der Waals surface area contributed by atoms with Crippen molar-refractivity contribution in [3.8, 4) is 58.5 Å². The van der Waals surface area contributed by atoms with Crippen LogP contribution in [0.3, 0.4) is 0 Å². The molecule has 1 saturated heterocycles. The van der Waals surface area contributed by atoms with E-state index in [4.69, 9.17) is 68.0 Å². The van der Waals surface area contributed by atoms with E-state index in [0.29, 0.717) is 74.4 Å². The standard InChI is InChI=1S/C20H19NO3.C20H32O2.C19H34O3.C18H32O2S.C18H28O2.C17H19NO4.C17H30O2/c1-16(23-20-9-5-6-14-21-20)15-22-17-10-12-19(13-11-17)24-18-7-3-2-4-8-18;1-5-16-8-11-18(12-9-16)21-15-14-17(6-2)10-13-19-20(4,7-3)22-19;1-15(2)22-18(20)14-17(4)11-8-10-16(3)12-9-13-19(5,6)21-7;1-7-21-17(19)14-16(3)11-8-10-15(2)12-9-13-18(4,5)20-6;1-6-13-20-18(19)14-17(5)12-8-11-16(4)10-7-9-15(2)3;1-2-20-17(19)18-12-13-21-14-8-10-16(11-9-14)22-15-6-4-3-5-7-15;1-6-19-17(18)13-16(5)12-8-11-15(4)10-7-9-14(2)3/h2-14,16H,15H2,1H3;8-9,11-12,17,19H,5-7,10,13-15H2,1-4H3;8,11,14-16H,9-10,12-13H2,1-7H3;8,11,14-15H,7,9-10,12-13H2,1-6H3;1,8,12,14-16H,7,9-11,13H2,2-5H3;3-11H,2,12-13H2,1H3,(H,18,19);8,12-15H,6-7,9-11H2,1-5H3/b;;11-8+,17-14+;11-8+,16-14+;12-8+,17-14+;;12-8+,16-13+. The summed E-state index contributed by atoms with van der Waals surface area (Å²) < 4.78 is 70.4. The number of alkyl carbamates (subject to hydrolysis) is 1. The fourth-order valence-corrected chi connectivity index (χ4v) is 15.3. The van der Waals surface area contributed by atoms with Gasteiger partial charge in [-0.05, 0) is 340 Å². The van der Waals surface area contributed by atoms with Gasteiger partial charge in [-0.25, -0.2) is 24.2 Å². The summed E-state index contributed by atoms with van der Waals surface area (Å²) in [5.74, 6) is 13.4. The number of aryl methyl sites for hydroxylation is 1. The maximum Gasteiger partial charge on any atom is 0.407 e. The number of esters is 3. The highest BCUT2D eigenvalue weighted by molar-refractivity contribution is 8.14. The highest BCUT2D eigenvalue weighted by atomic mass is 32.2. The average Bonchev–Trinajstić information content (AvgIpc) is 1.63. The van der Waals surface area contributed by atoms with Crippen molar-refractivity contribution in [3.63, 3.8) is 0 Å². The van der Waals surface area contributed by atoms with Crippen molar-refractivity contribution >= 4 is 40.9 Å². The summed E-state index contributed by atoms with van der Waals surface area (Å²) in [7, 11) is 3.55. The number of pyridine rings is 1. The van der Waals surface area contributed by atoms with E-state index in [1.165, 1.54) is 107 Å². The number of ether oxygens (including phenoxy) is 13. The molecule has 0 radical (unpaired) electrons. The summed E-state index contributed by atoms with van der Waals surface area (Å²) in [4.78, 5) is 60.6. The second-order valence-corrected chi connectivity index (χ2v) is 42.4. The molecule has 0 aliphatic carbocycles. The van der Waals surface area contributed by atoms with Crippen molar-refractivity contribution in [2.75, 3.05) is 66.2 Å². The Morgan fingerprint density at radius 1 is 0.480 bits per heavy atom. The van der Waals surface area contributed by atoms with Gasteiger partial charge in [-0.1, -0.05) is 275 Å². The maximum atomic E-state index is 11.5. The van der Waals surface area contributed by atoms with Crippen LogP contribution in [0, 0.1) is 53.8 Å². The molecule has 7 rings (SSSR count). The van der Waals surface area contributed by atoms with Gasteiger partial charge >= 0.3 is 24.0 Å². The van der Waals surface area contributed by atoms with Crippen LogP contribution in [0.4, 0.5) is 4.79 Å². The highest BCUT2D eigenvalue weighted by Crippen LogP contribution is 2.43. The molecule has 6 aromatic rings. The van der Waals surface area contributed by atoms with Crippen LogP contribution in [-0.2, 0) is 58.8 Å². The third kappa shape index (κ3) is 75.8. The van der Waals surface area contributed by atoms with Crippen molar-refractivity contribution < 1.29 is 85.6 Å². The molecule has 1 fully saturated rings. The number of amides is 1. The SMILES string of the molecule is C#CCOC(=O)/C=C(C)/C=C/CC(C)CCCC(C)C.CC(COc1ccc(Oc2ccccc2)cc1)Oc1ccccn1.CCOC(=O)/C=C(C)/C=C/CC(C)CCCC(C)C.CCOC(=O)NCCOc1ccc(Oc2ccccc2)cc1.CCSC(=O)/C=C(C)/C=C/CC(C)CCCC(C)(C)OC.CCc1ccc(OCCC(CC)CCC2OC2(C)CC)cc1.COC(C)(C)CCCC(C)C/C=C/C(C)=C/C(=O)OC(C)C. The largest absolute Gasteiger partial charge is 0.494 e. The molecule has 20 nitrogen and oxygen atoms in total. The van der Waals surface area contributed by atoms with Gasteiger partial charge in [0, 0.05) is 44.7 Å². The third-order valence-electron chi connectivity index (χ3n) is 24.5. The van der Waals surface area contributed by atoms with E-state index >= 15 is 0 Å². The van der Waals surface area contributed by atoms with Crippen molar-refractivity contribution in [1.29, 1.82) is 0 Å². The fraction of sp³-hybridized carbons (Fsp3) is 0.550. The predicted molar refractivity (Wildman–Crippen MR) is 624 cm³/mol. The number of para-hydroxylation sites is 2. The topological polar surface area (TPSA) is 234 Å². The number of aromatic nitrogens is 1. The molecule has 1 amide bonds. The number of thioether (sulfide) groups is 1. The van der Waals surface area contributed by atoms with E-state index in [0.717, 1.165) is 145 Å². The van der Waals surface area contributed by atoms with Crippen LogP contribution >= 0.6 is 11.8 Å². The number of benzene rings is 5. The van der Waals surface area contributed by atoms with Crippen molar-refractivity contribution in [1.82, 2.24) is 10.3 Å². The van der Waals surface area contributed by atoms with Gasteiger partial charge in [0.2, 0.25) is 11.0 Å². The minimum absolute atomic E-state index is 0.00775. The Labute approximate surface area is 912 Å². The van der Waals surface area contributed by atoms with Crippen LogP contribution in [0.1, 0.15) is 320 Å². The lowest BCUT2D eigenvalue weighted by Gasteiger charge is -2.23. The minimum Gasteiger partial charge on any atom is -0.494 e. The molecule has 1 N–H and O–H groups in total. The van der Waals surface area contributed by atoms with E-state index in [-0.39, 0.29) is 58.6 Å². The Hall–Kier alpha value is -10.9. The number of hydrogen-bond acceptors (Lipinski definition) is 20. The number of nitrogens with one attached hydrogen (secondary N) is 1. The van der Waals surface area contributed by atoms with Gasteiger partial charge in [-0.3, -0.25) is 4.79 Å². The normalized spacial score (nSPS) is 14.7. The number of terminal acetylenes is 1. The Balaban J connectivity index is 0.000000876. The van der Waals surface area contributed by atoms with Crippen LogP contribution in [0.2, 0.25) is 0 Å². The van der Waals surface area contributed by atoms with Crippen LogP contribution in [0.15, 0.2) is 253 Å². The Morgan fingerprint density at radius 3 is 1.29 bits per heavy atom. The molecule has 834 valence electrons. The molecule has 0 saturated carbocycles. The monoisotopic (exact) mass is 2090 g/mol. The summed E-state index contributed by atoms with van der Waals surface area (Å²) in [5, 5.41) is 2.73. The Morgan fingerprint density at radius 2 is 0.893 bits per heavy atom. The summed E-state index contributed by atoms with van der Waals surface area (Å²) >= 11 is 1.35. The van der Waals surface area contributed by atoms with Crippen molar-refractivity contribution in [3.05, 3.63) is 259 Å². The number of nitrogens with zero attached hydrogens (tertiary/aromatic N) is 1. The highest BCUT2D eigenvalue weighted by Gasteiger charge is 2.50. The molecule has 21 heteroatoms. The lowest BCUT2D eigenvalue weighted by molar-refractivity contribution is -0.141. The number of hydrogen-bond donors (Lipinski definition) is 1. The zero-order valence-corrected chi connectivity index (χ0v) is 98.0. The molecule has 5 aromatic carbocycles. The predicted octanol–water partition coefficient (Wildman–Crippen LogP) is 33.6. The lowest BCUT2D eigenvalue weighted by atomic mass is 9.93. The third-order valence-corrected chi connectivity index (χ3v) is 25.2. The van der Waals surface area contributed by atoms with Crippen LogP contribution in [-0.4, -0.2) is 135 Å². The molecular weight excluding hydrogens is 1900 g/mol. The summed E-state index contributed by atoms with van der Waals surface area (Å²) in [6, 6.07) is 48.1. The molecular formula is C129H194N2O18S. The first-order valence-corrected chi connectivity index (χ1v) is 56.0. The molecule has 1 aliphatic heterocycles. The van der Waals surface area contributed by atoms with Gasteiger partial charge in [0.15, 0.2) is 6.61 Å². The number of carbonyl (C=O) groups excluding carboxylic acids is 5. The summed E-state index contributed by atoms with van der Waals surface area (Å²) in [6.07, 6.45) is 55.5. The van der Waals surface area contributed by atoms with Gasteiger partial charge in [0.25, 0.3) is 0 Å². The molecule has 2 heterocycles. The summed E-state index contributed by atoms with van der Waals surface area (Å²) in [5.41, 5.74) is 5.32. The van der Waals surface area contributed by atoms with Crippen LogP contribution in [0.25, 0.3) is 0 Å². The number of carbonyl (C=O) groups is 5. The number of rotatable bonds is 62. The smallest absolute Gasteiger partial charge is 0.407 e. The number of epoxide rings is 1. The van der Waals surface area contributed by atoms with Crippen LogP contribution in [0.5, 0.6) is 46.1 Å². The van der Waals surface area contributed by atoms with Gasteiger partial charge in [-0.15, -0.1) is 6.42 Å². The summed E-state index contributed by atoms with van der Waals surface area (Å²) in [6.45, 7) is 57.4. The van der Waals surface area contributed by atoms with E-state index < -0.39 is 6.09 Å². The zero-order chi connectivity index (χ0) is 112. The minimum atomic E-state index is -0.433. The van der Waals surface area contributed by atoms with E-state index in [2.05, 4.69) is 182 Å². The number of methoxy groups -OCH3 is 2. The molecule has 150 heavy (non-hydrogen) atoms. The molecule has 8 unspecified atom stereocenters.